The first-order valence-electron chi connectivity index (χ1n) is 6.19. The van der Waals surface area contributed by atoms with Crippen molar-refractivity contribution >= 4 is 11.3 Å². The van der Waals surface area contributed by atoms with E-state index in [1.54, 1.807) is 11.3 Å². The van der Waals surface area contributed by atoms with Crippen molar-refractivity contribution in [2.75, 3.05) is 6.61 Å². The SMILES string of the molecule is Cn1ccnc1[C@H]1OCC[C@@H]1NCc1cccs1. The van der Waals surface area contributed by atoms with Gasteiger partial charge in [-0.25, -0.2) is 4.98 Å². The second kappa shape index (κ2) is 5.22. The Balaban J connectivity index is 1.66. The highest BCUT2D eigenvalue weighted by atomic mass is 32.1. The summed E-state index contributed by atoms with van der Waals surface area (Å²) in [5, 5.41) is 5.69. The van der Waals surface area contributed by atoms with Crippen LogP contribution in [0.1, 0.15) is 23.2 Å². The number of hydrogen-bond acceptors (Lipinski definition) is 4. The zero-order chi connectivity index (χ0) is 12.4. The van der Waals surface area contributed by atoms with Crippen molar-refractivity contribution in [3.8, 4) is 0 Å². The molecule has 1 aliphatic heterocycles. The lowest BCUT2D eigenvalue weighted by atomic mass is 10.1. The van der Waals surface area contributed by atoms with Gasteiger partial charge in [-0.1, -0.05) is 6.07 Å². The lowest BCUT2D eigenvalue weighted by molar-refractivity contribution is 0.0893. The fraction of sp³-hybridized carbons (Fsp3) is 0.462. The molecule has 96 valence electrons. The summed E-state index contributed by atoms with van der Waals surface area (Å²) in [5.74, 6) is 1.01. The van der Waals surface area contributed by atoms with Gasteiger partial charge < -0.3 is 14.6 Å². The largest absolute Gasteiger partial charge is 0.369 e. The normalized spacial score (nSPS) is 23.6. The summed E-state index contributed by atoms with van der Waals surface area (Å²) >= 11 is 1.78. The van der Waals surface area contributed by atoms with Gasteiger partial charge in [-0.3, -0.25) is 0 Å². The van der Waals surface area contributed by atoms with E-state index in [1.165, 1.54) is 4.88 Å². The van der Waals surface area contributed by atoms with Gasteiger partial charge in [-0.05, 0) is 17.9 Å². The number of ether oxygens (including phenoxy) is 1. The molecule has 2 atom stereocenters. The number of thiophene rings is 1. The van der Waals surface area contributed by atoms with Crippen LogP contribution in [0.2, 0.25) is 0 Å². The van der Waals surface area contributed by atoms with Gasteiger partial charge in [0.2, 0.25) is 0 Å². The number of nitrogens with one attached hydrogen (secondary N) is 1. The average molecular weight is 263 g/mol. The molecule has 2 aromatic rings. The summed E-state index contributed by atoms with van der Waals surface area (Å²) in [6.07, 6.45) is 4.91. The third-order valence-electron chi connectivity index (χ3n) is 3.32. The van der Waals surface area contributed by atoms with E-state index in [2.05, 4.69) is 27.8 Å². The van der Waals surface area contributed by atoms with Gasteiger partial charge in [0.05, 0.1) is 0 Å². The number of nitrogens with zero attached hydrogens (tertiary/aromatic N) is 2. The van der Waals surface area contributed by atoms with Gasteiger partial charge in [0.15, 0.2) is 0 Å². The van der Waals surface area contributed by atoms with E-state index in [4.69, 9.17) is 4.74 Å². The number of imidazole rings is 1. The van der Waals surface area contributed by atoms with Gasteiger partial charge in [0.1, 0.15) is 11.9 Å². The monoisotopic (exact) mass is 263 g/mol. The summed E-state index contributed by atoms with van der Waals surface area (Å²) in [6, 6.07) is 4.60. The van der Waals surface area contributed by atoms with Crippen molar-refractivity contribution in [1.29, 1.82) is 0 Å². The molecule has 5 heteroatoms. The Bertz CT molecular complexity index is 494. The van der Waals surface area contributed by atoms with E-state index in [0.29, 0.717) is 6.04 Å². The van der Waals surface area contributed by atoms with Crippen LogP contribution in [0.4, 0.5) is 0 Å². The van der Waals surface area contributed by atoms with Crippen molar-refractivity contribution < 1.29 is 4.74 Å². The van der Waals surface area contributed by atoms with E-state index >= 15 is 0 Å². The smallest absolute Gasteiger partial charge is 0.139 e. The Morgan fingerprint density at radius 2 is 2.56 bits per heavy atom. The van der Waals surface area contributed by atoms with Crippen LogP contribution in [-0.4, -0.2) is 22.2 Å². The first-order chi connectivity index (χ1) is 8.84. The molecule has 1 N–H and O–H groups in total. The van der Waals surface area contributed by atoms with Crippen LogP contribution in [0.15, 0.2) is 29.9 Å². The van der Waals surface area contributed by atoms with Crippen LogP contribution in [0, 0.1) is 0 Å². The van der Waals surface area contributed by atoms with Gasteiger partial charge in [0.25, 0.3) is 0 Å². The third kappa shape index (κ3) is 2.34. The molecule has 3 rings (SSSR count). The van der Waals surface area contributed by atoms with Crippen LogP contribution in [0.3, 0.4) is 0 Å². The molecule has 1 aliphatic rings. The molecule has 0 unspecified atom stereocenters. The molecule has 0 bridgehead atoms. The zero-order valence-corrected chi connectivity index (χ0v) is 11.2. The van der Waals surface area contributed by atoms with Gasteiger partial charge in [-0.15, -0.1) is 11.3 Å². The molecule has 4 nitrogen and oxygen atoms in total. The van der Waals surface area contributed by atoms with Gasteiger partial charge >= 0.3 is 0 Å². The minimum Gasteiger partial charge on any atom is -0.369 e. The minimum atomic E-state index is 0.0740. The molecule has 0 amide bonds. The van der Waals surface area contributed by atoms with Crippen LogP contribution in [0.5, 0.6) is 0 Å². The molecule has 1 saturated heterocycles. The van der Waals surface area contributed by atoms with E-state index in [9.17, 15) is 0 Å². The molecular weight excluding hydrogens is 246 g/mol. The Morgan fingerprint density at radius 1 is 1.61 bits per heavy atom. The maximum Gasteiger partial charge on any atom is 0.139 e. The van der Waals surface area contributed by atoms with E-state index < -0.39 is 0 Å². The predicted molar refractivity (Wildman–Crippen MR) is 71.5 cm³/mol. The first-order valence-corrected chi connectivity index (χ1v) is 7.07. The van der Waals surface area contributed by atoms with Crippen molar-refractivity contribution in [1.82, 2.24) is 14.9 Å². The number of rotatable bonds is 4. The number of hydrogen-bond donors (Lipinski definition) is 1. The standard InChI is InChI=1S/C13H17N3OS/c1-16-6-5-14-13(16)12-11(4-7-17-12)15-9-10-3-2-8-18-10/h2-3,5-6,8,11-12,15H,4,7,9H2,1H3/t11-,12-/m0/s1. The molecule has 0 spiro atoms. The Morgan fingerprint density at radius 3 is 3.28 bits per heavy atom. The second-order valence-corrected chi connectivity index (χ2v) is 5.58. The highest BCUT2D eigenvalue weighted by molar-refractivity contribution is 7.09. The third-order valence-corrected chi connectivity index (χ3v) is 4.20. The molecule has 0 radical (unpaired) electrons. The lowest BCUT2D eigenvalue weighted by Crippen LogP contribution is -2.32. The Hall–Kier alpha value is -1.17. The fourth-order valence-corrected chi connectivity index (χ4v) is 3.00. The molecule has 2 aromatic heterocycles. The summed E-state index contributed by atoms with van der Waals surface area (Å²) < 4.78 is 7.86. The van der Waals surface area contributed by atoms with Crippen molar-refractivity contribution in [3.63, 3.8) is 0 Å². The van der Waals surface area contributed by atoms with E-state index in [1.807, 2.05) is 24.0 Å². The van der Waals surface area contributed by atoms with E-state index in [0.717, 1.165) is 25.4 Å². The van der Waals surface area contributed by atoms with Crippen LogP contribution in [0.25, 0.3) is 0 Å². The maximum atomic E-state index is 5.82. The minimum absolute atomic E-state index is 0.0740. The molecule has 0 aromatic carbocycles. The molecule has 1 fully saturated rings. The highest BCUT2D eigenvalue weighted by Gasteiger charge is 2.31. The number of aryl methyl sites for hydroxylation is 1. The Kier molecular flexibility index (Phi) is 3.45. The summed E-state index contributed by atoms with van der Waals surface area (Å²) in [4.78, 5) is 5.76. The van der Waals surface area contributed by atoms with Gasteiger partial charge in [0, 0.05) is 43.5 Å². The Labute approximate surface area is 111 Å². The highest BCUT2D eigenvalue weighted by Crippen LogP contribution is 2.28. The van der Waals surface area contributed by atoms with Crippen LogP contribution >= 0.6 is 11.3 Å². The number of aromatic nitrogens is 2. The molecule has 0 saturated carbocycles. The summed E-state index contributed by atoms with van der Waals surface area (Å²) in [6.45, 7) is 1.71. The van der Waals surface area contributed by atoms with Crippen molar-refractivity contribution in [2.24, 2.45) is 7.05 Å². The zero-order valence-electron chi connectivity index (χ0n) is 10.4. The second-order valence-electron chi connectivity index (χ2n) is 4.54. The predicted octanol–water partition coefficient (Wildman–Crippen LogP) is 2.10. The lowest BCUT2D eigenvalue weighted by Gasteiger charge is -2.19. The topological polar surface area (TPSA) is 39.1 Å². The first kappa shape index (κ1) is 11.9. The summed E-state index contributed by atoms with van der Waals surface area (Å²) in [7, 11) is 2.01. The molecule has 3 heterocycles. The molecule has 0 aliphatic carbocycles. The summed E-state index contributed by atoms with van der Waals surface area (Å²) in [5.41, 5.74) is 0. The average Bonchev–Trinajstić information content (AvgIpc) is 3.06. The van der Waals surface area contributed by atoms with Crippen LogP contribution in [-0.2, 0) is 18.3 Å². The van der Waals surface area contributed by atoms with Crippen molar-refractivity contribution in [2.45, 2.75) is 25.1 Å². The van der Waals surface area contributed by atoms with Crippen molar-refractivity contribution in [3.05, 3.63) is 40.6 Å². The molecular formula is C13H17N3OS. The van der Waals surface area contributed by atoms with E-state index in [-0.39, 0.29) is 6.10 Å². The fourth-order valence-electron chi connectivity index (χ4n) is 2.35. The molecule has 18 heavy (non-hydrogen) atoms. The van der Waals surface area contributed by atoms with Crippen LogP contribution < -0.4 is 5.32 Å². The van der Waals surface area contributed by atoms with Gasteiger partial charge in [-0.2, -0.15) is 0 Å². The quantitative estimate of drug-likeness (QED) is 0.918. The maximum absolute atomic E-state index is 5.82.